The minimum atomic E-state index is -1.19. The molecule has 3 aromatic rings. The first-order valence-corrected chi connectivity index (χ1v) is 13.5. The summed E-state index contributed by atoms with van der Waals surface area (Å²) < 4.78 is 19.2. The highest BCUT2D eigenvalue weighted by atomic mass is 35.5. The Morgan fingerprint density at radius 3 is 2.31 bits per heavy atom. The number of halogens is 1. The molecule has 156 valence electrons. The zero-order valence-corrected chi connectivity index (χ0v) is 19.5. The van der Waals surface area contributed by atoms with Crippen LogP contribution < -0.4 is 9.47 Å². The van der Waals surface area contributed by atoms with Crippen molar-refractivity contribution in [1.29, 1.82) is 0 Å². The zero-order valence-electron chi connectivity index (χ0n) is 17.7. The first-order valence-electron chi connectivity index (χ1n) is 9.42. The second kappa shape index (κ2) is 8.69. The van der Waals surface area contributed by atoms with Crippen LogP contribution in [0.3, 0.4) is 0 Å². The molecule has 7 nitrogen and oxygen atoms in total. The van der Waals surface area contributed by atoms with Crippen LogP contribution in [-0.4, -0.2) is 48.4 Å². The molecule has 0 atom stereocenters. The van der Waals surface area contributed by atoms with Gasteiger partial charge in [-0.25, -0.2) is 15.0 Å². The van der Waals surface area contributed by atoms with E-state index in [-0.39, 0.29) is 0 Å². The molecule has 0 aliphatic carbocycles. The minimum absolute atomic E-state index is 0.367. The van der Waals surface area contributed by atoms with Gasteiger partial charge in [0.1, 0.15) is 23.8 Å². The number of methoxy groups -OCH3 is 2. The summed E-state index contributed by atoms with van der Waals surface area (Å²) in [5.74, 6) is 0.871. The summed E-state index contributed by atoms with van der Waals surface area (Å²) in [7, 11) is 1.97. The Labute approximate surface area is 177 Å². The van der Waals surface area contributed by atoms with Gasteiger partial charge in [0.2, 0.25) is 11.8 Å². The molecule has 0 saturated carbocycles. The summed E-state index contributed by atoms with van der Waals surface area (Å²) in [5.41, 5.74) is 3.48. The third-order valence-electron chi connectivity index (χ3n) is 4.79. The Morgan fingerprint density at radius 1 is 1.07 bits per heavy atom. The zero-order chi connectivity index (χ0) is 21.2. The lowest BCUT2D eigenvalue weighted by molar-refractivity contribution is 0.0911. The van der Waals surface area contributed by atoms with Gasteiger partial charge < -0.3 is 18.8 Å². The summed E-state index contributed by atoms with van der Waals surface area (Å²) in [6.45, 7) is 10.1. The molecule has 0 unspecified atom stereocenters. The lowest BCUT2D eigenvalue weighted by Gasteiger charge is -2.18. The van der Waals surface area contributed by atoms with Crippen LogP contribution in [-0.2, 0) is 11.5 Å². The van der Waals surface area contributed by atoms with Crippen molar-refractivity contribution >= 4 is 30.6 Å². The summed E-state index contributed by atoms with van der Waals surface area (Å²) in [6, 6.07) is 2.93. The Morgan fingerprint density at radius 2 is 1.72 bits per heavy atom. The molecule has 0 fully saturated rings. The number of aryl methyl sites for hydroxylation is 1. The summed E-state index contributed by atoms with van der Waals surface area (Å²) in [6.07, 6.45) is 3.20. The Balaban J connectivity index is 2.15. The topological polar surface area (TPSA) is 71.3 Å². The van der Waals surface area contributed by atoms with E-state index in [0.29, 0.717) is 35.8 Å². The summed E-state index contributed by atoms with van der Waals surface area (Å²) in [5, 5.41) is 1.40. The SMILES string of the molecule is COc1ncnc(OC)c1-c1c(C)c2cnc(Cl)cc2n1COCC[Si](C)(C)C. The van der Waals surface area contributed by atoms with Crippen molar-refractivity contribution in [3.8, 4) is 23.0 Å². The second-order valence-corrected chi connectivity index (χ2v) is 14.0. The van der Waals surface area contributed by atoms with Gasteiger partial charge in [0, 0.05) is 26.3 Å². The van der Waals surface area contributed by atoms with Crippen LogP contribution in [0.1, 0.15) is 5.56 Å². The molecule has 0 N–H and O–H groups in total. The number of pyridine rings is 1. The highest BCUT2D eigenvalue weighted by Gasteiger charge is 2.25. The number of nitrogens with zero attached hydrogens (tertiary/aromatic N) is 4. The van der Waals surface area contributed by atoms with Crippen molar-refractivity contribution in [2.24, 2.45) is 0 Å². The molecule has 0 radical (unpaired) electrons. The van der Waals surface area contributed by atoms with Gasteiger partial charge in [0.25, 0.3) is 0 Å². The van der Waals surface area contributed by atoms with Crippen LogP contribution >= 0.6 is 11.6 Å². The molecule has 3 heterocycles. The molecule has 0 aliphatic rings. The van der Waals surface area contributed by atoms with Crippen LogP contribution in [0.25, 0.3) is 22.2 Å². The fraction of sp³-hybridized carbons (Fsp3) is 0.450. The lowest BCUT2D eigenvalue weighted by atomic mass is 10.1. The number of aromatic nitrogens is 4. The normalized spacial score (nSPS) is 11.8. The van der Waals surface area contributed by atoms with E-state index in [1.54, 1.807) is 20.4 Å². The van der Waals surface area contributed by atoms with Crippen molar-refractivity contribution in [2.75, 3.05) is 20.8 Å². The van der Waals surface area contributed by atoms with Crippen molar-refractivity contribution in [3.05, 3.63) is 29.3 Å². The first-order chi connectivity index (χ1) is 13.8. The number of rotatable bonds is 8. The molecule has 0 amide bonds. The van der Waals surface area contributed by atoms with E-state index >= 15 is 0 Å². The van der Waals surface area contributed by atoms with Crippen molar-refractivity contribution in [1.82, 2.24) is 19.5 Å². The molecule has 0 aliphatic heterocycles. The van der Waals surface area contributed by atoms with Gasteiger partial charge in [-0.05, 0) is 24.6 Å². The summed E-state index contributed by atoms with van der Waals surface area (Å²) >= 11 is 6.20. The predicted octanol–water partition coefficient (Wildman–Crippen LogP) is 4.78. The third kappa shape index (κ3) is 4.54. The van der Waals surface area contributed by atoms with Crippen molar-refractivity contribution in [3.63, 3.8) is 0 Å². The largest absolute Gasteiger partial charge is 0.480 e. The lowest BCUT2D eigenvalue weighted by Crippen LogP contribution is -2.22. The van der Waals surface area contributed by atoms with Crippen LogP contribution in [0.15, 0.2) is 18.6 Å². The Bertz CT molecular complexity index is 995. The molecule has 3 aromatic heterocycles. The van der Waals surface area contributed by atoms with Gasteiger partial charge >= 0.3 is 0 Å². The predicted molar refractivity (Wildman–Crippen MR) is 118 cm³/mol. The molecule has 29 heavy (non-hydrogen) atoms. The average Bonchev–Trinajstić information content (AvgIpc) is 2.94. The second-order valence-electron chi connectivity index (χ2n) is 8.04. The highest BCUT2D eigenvalue weighted by Crippen LogP contribution is 2.41. The maximum absolute atomic E-state index is 6.20. The Kier molecular flexibility index (Phi) is 6.45. The van der Waals surface area contributed by atoms with Gasteiger partial charge in [0.15, 0.2) is 0 Å². The van der Waals surface area contributed by atoms with E-state index in [4.69, 9.17) is 25.8 Å². The van der Waals surface area contributed by atoms with E-state index in [0.717, 1.165) is 28.2 Å². The molecule has 9 heteroatoms. The number of hydrogen-bond acceptors (Lipinski definition) is 6. The number of ether oxygens (including phenoxy) is 3. The summed E-state index contributed by atoms with van der Waals surface area (Å²) in [4.78, 5) is 12.8. The maximum Gasteiger partial charge on any atom is 0.229 e. The van der Waals surface area contributed by atoms with Gasteiger partial charge in [-0.3, -0.25) is 0 Å². The minimum Gasteiger partial charge on any atom is -0.480 e. The molecule has 0 spiro atoms. The van der Waals surface area contributed by atoms with Crippen molar-refractivity contribution in [2.45, 2.75) is 39.3 Å². The van der Waals surface area contributed by atoms with E-state index in [2.05, 4.69) is 39.2 Å². The molecule has 0 saturated heterocycles. The average molecular weight is 435 g/mol. The van der Waals surface area contributed by atoms with Crippen LogP contribution in [0, 0.1) is 6.92 Å². The van der Waals surface area contributed by atoms with Gasteiger partial charge in [-0.1, -0.05) is 31.2 Å². The van der Waals surface area contributed by atoms with Crippen LogP contribution in [0.2, 0.25) is 30.8 Å². The van der Waals surface area contributed by atoms with Gasteiger partial charge in [-0.15, -0.1) is 0 Å². The van der Waals surface area contributed by atoms with Gasteiger partial charge in [0.05, 0.1) is 25.4 Å². The number of hydrogen-bond donors (Lipinski definition) is 0. The van der Waals surface area contributed by atoms with Gasteiger partial charge in [-0.2, -0.15) is 0 Å². The molecule has 0 bridgehead atoms. The van der Waals surface area contributed by atoms with E-state index in [1.165, 1.54) is 6.33 Å². The monoisotopic (exact) mass is 434 g/mol. The smallest absolute Gasteiger partial charge is 0.229 e. The van der Waals surface area contributed by atoms with E-state index < -0.39 is 8.07 Å². The highest BCUT2D eigenvalue weighted by molar-refractivity contribution is 6.76. The Hall–Kier alpha value is -2.16. The number of fused-ring (bicyclic) bond motifs is 1. The standard InChI is InChI=1S/C20H27ClN4O3Si/c1-13-14-10-22-16(21)9-15(14)25(12-28-7-8-29(4,5)6)18(13)17-19(26-2)23-11-24-20(17)27-3/h9-11H,7-8,12H2,1-6H3. The molecular weight excluding hydrogens is 408 g/mol. The molecular formula is C20H27ClN4O3Si. The first kappa shape index (κ1) is 21.5. The van der Waals surface area contributed by atoms with E-state index in [1.807, 2.05) is 13.0 Å². The van der Waals surface area contributed by atoms with Crippen LogP contribution in [0.5, 0.6) is 11.8 Å². The quantitative estimate of drug-likeness (QED) is 0.288. The third-order valence-corrected chi connectivity index (χ3v) is 6.70. The maximum atomic E-state index is 6.20. The van der Waals surface area contributed by atoms with Crippen LogP contribution in [0.4, 0.5) is 0 Å². The molecule has 3 rings (SSSR count). The van der Waals surface area contributed by atoms with E-state index in [9.17, 15) is 0 Å². The fourth-order valence-electron chi connectivity index (χ4n) is 3.24. The molecule has 0 aromatic carbocycles. The fourth-order valence-corrected chi connectivity index (χ4v) is 4.15. The van der Waals surface area contributed by atoms with Crippen molar-refractivity contribution < 1.29 is 14.2 Å².